The molecular weight excluding hydrogens is 328 g/mol. The number of esters is 1. The van der Waals surface area contributed by atoms with Gasteiger partial charge in [0.25, 0.3) is 5.56 Å². The van der Waals surface area contributed by atoms with Crippen LogP contribution in [0.25, 0.3) is 22.3 Å². The third-order valence-corrected chi connectivity index (χ3v) is 4.62. The van der Waals surface area contributed by atoms with Gasteiger partial charge in [-0.2, -0.15) is 0 Å². The van der Waals surface area contributed by atoms with Crippen LogP contribution < -0.4 is 5.56 Å². The van der Waals surface area contributed by atoms with Crippen molar-refractivity contribution in [3.05, 3.63) is 64.4 Å². The Bertz CT molecular complexity index is 1050. The summed E-state index contributed by atoms with van der Waals surface area (Å²) < 4.78 is 6.99. The van der Waals surface area contributed by atoms with Crippen molar-refractivity contribution in [3.63, 3.8) is 0 Å². The quantitative estimate of drug-likeness (QED) is 0.677. The molecule has 1 aliphatic rings. The summed E-state index contributed by atoms with van der Waals surface area (Å²) in [6.07, 6.45) is 0.122. The lowest BCUT2D eigenvalue weighted by molar-refractivity contribution is -0.145. The summed E-state index contributed by atoms with van der Waals surface area (Å²) in [6, 6.07) is 14.7. The molecule has 2 heterocycles. The minimum absolute atomic E-state index is 0.122. The lowest BCUT2D eigenvalue weighted by Gasteiger charge is -2.16. The minimum atomic E-state index is -0.384. The van der Waals surface area contributed by atoms with Gasteiger partial charge in [-0.05, 0) is 23.6 Å². The van der Waals surface area contributed by atoms with E-state index in [0.717, 1.165) is 11.1 Å². The smallest absolute Gasteiger partial charge is 0.308 e. The third kappa shape index (κ3) is 2.69. The average molecular weight is 348 g/mol. The first-order valence-electron chi connectivity index (χ1n) is 8.82. The van der Waals surface area contributed by atoms with Gasteiger partial charge in [-0.1, -0.05) is 50.2 Å². The number of fused-ring (bicyclic) bond motifs is 4. The van der Waals surface area contributed by atoms with Crippen LogP contribution in [0.1, 0.15) is 31.9 Å². The van der Waals surface area contributed by atoms with Gasteiger partial charge in [-0.25, -0.2) is 4.98 Å². The Labute approximate surface area is 151 Å². The molecule has 5 nitrogen and oxygen atoms in total. The molecule has 0 N–H and O–H groups in total. The van der Waals surface area contributed by atoms with E-state index in [0.29, 0.717) is 23.3 Å². The van der Waals surface area contributed by atoms with Crippen LogP contribution >= 0.6 is 0 Å². The van der Waals surface area contributed by atoms with Gasteiger partial charge in [0.05, 0.1) is 30.0 Å². The molecule has 5 heteroatoms. The average Bonchev–Trinajstić information content (AvgIpc) is 2.94. The van der Waals surface area contributed by atoms with Gasteiger partial charge in [0.15, 0.2) is 0 Å². The molecule has 1 atom stereocenters. The highest BCUT2D eigenvalue weighted by molar-refractivity contribution is 5.82. The largest absolute Gasteiger partial charge is 0.465 e. The van der Waals surface area contributed by atoms with E-state index in [4.69, 9.17) is 9.72 Å². The molecule has 3 aromatic rings. The van der Waals surface area contributed by atoms with Gasteiger partial charge < -0.3 is 4.74 Å². The number of rotatable bonds is 4. The number of hydrogen-bond donors (Lipinski definition) is 0. The van der Waals surface area contributed by atoms with Crippen molar-refractivity contribution in [1.29, 1.82) is 0 Å². The molecule has 1 unspecified atom stereocenters. The molecule has 0 aliphatic carbocycles. The second-order valence-electron chi connectivity index (χ2n) is 7.01. The zero-order valence-corrected chi connectivity index (χ0v) is 14.8. The summed E-state index contributed by atoms with van der Waals surface area (Å²) in [5.41, 5.74) is 2.39. The van der Waals surface area contributed by atoms with E-state index in [1.165, 1.54) is 0 Å². The Morgan fingerprint density at radius 2 is 1.88 bits per heavy atom. The number of nitrogens with zero attached hydrogens (tertiary/aromatic N) is 2. The minimum Gasteiger partial charge on any atom is -0.465 e. The van der Waals surface area contributed by atoms with E-state index in [1.807, 2.05) is 56.3 Å². The monoisotopic (exact) mass is 348 g/mol. The van der Waals surface area contributed by atoms with Crippen LogP contribution in [0.3, 0.4) is 0 Å². The van der Waals surface area contributed by atoms with Gasteiger partial charge in [-0.15, -0.1) is 0 Å². The third-order valence-electron chi connectivity index (χ3n) is 4.62. The molecule has 0 spiro atoms. The summed E-state index contributed by atoms with van der Waals surface area (Å²) in [6.45, 7) is 4.37. The molecule has 0 fully saturated rings. The van der Waals surface area contributed by atoms with Gasteiger partial charge in [0.2, 0.25) is 0 Å². The molecule has 2 aromatic carbocycles. The van der Waals surface area contributed by atoms with Crippen molar-refractivity contribution in [3.8, 4) is 11.4 Å². The second-order valence-corrected chi connectivity index (χ2v) is 7.01. The zero-order chi connectivity index (χ0) is 18.3. The molecule has 132 valence electrons. The number of benzene rings is 2. The van der Waals surface area contributed by atoms with Crippen molar-refractivity contribution in [2.24, 2.45) is 5.92 Å². The van der Waals surface area contributed by atoms with Crippen molar-refractivity contribution in [2.75, 3.05) is 6.61 Å². The molecule has 1 aliphatic heterocycles. The van der Waals surface area contributed by atoms with Crippen LogP contribution in [0.2, 0.25) is 0 Å². The van der Waals surface area contributed by atoms with E-state index < -0.39 is 0 Å². The Balaban J connectivity index is 1.83. The first-order valence-corrected chi connectivity index (χ1v) is 8.82. The first-order chi connectivity index (χ1) is 12.6. The number of carbonyl (C=O) groups excluding carboxylic acids is 1. The van der Waals surface area contributed by atoms with E-state index in [9.17, 15) is 9.59 Å². The van der Waals surface area contributed by atoms with Gasteiger partial charge in [-0.3, -0.25) is 14.2 Å². The summed E-state index contributed by atoms with van der Waals surface area (Å²) in [5, 5.41) is 0.560. The Kier molecular flexibility index (Phi) is 4.07. The number of para-hydroxylation sites is 1. The van der Waals surface area contributed by atoms with E-state index in [2.05, 4.69) is 0 Å². The van der Waals surface area contributed by atoms with Crippen molar-refractivity contribution in [1.82, 2.24) is 9.55 Å². The van der Waals surface area contributed by atoms with Crippen LogP contribution in [-0.4, -0.2) is 22.1 Å². The van der Waals surface area contributed by atoms with Crippen LogP contribution in [0, 0.1) is 5.92 Å². The van der Waals surface area contributed by atoms with Crippen LogP contribution in [-0.2, 0) is 9.53 Å². The van der Waals surface area contributed by atoms with Gasteiger partial charge in [0, 0.05) is 5.56 Å². The highest BCUT2D eigenvalue weighted by Crippen LogP contribution is 2.39. The molecule has 0 amide bonds. The maximum Gasteiger partial charge on any atom is 0.308 e. The summed E-state index contributed by atoms with van der Waals surface area (Å²) in [7, 11) is 0. The number of hydrogen-bond acceptors (Lipinski definition) is 4. The molecule has 26 heavy (non-hydrogen) atoms. The maximum absolute atomic E-state index is 13.1. The van der Waals surface area contributed by atoms with Crippen LogP contribution in [0.5, 0.6) is 0 Å². The fourth-order valence-electron chi connectivity index (χ4n) is 3.43. The lowest BCUT2D eigenvalue weighted by atomic mass is 10.0. The molecule has 0 radical (unpaired) electrons. The molecule has 1 aromatic heterocycles. The zero-order valence-electron chi connectivity index (χ0n) is 14.8. The number of ether oxygens (including phenoxy) is 1. The van der Waals surface area contributed by atoms with Gasteiger partial charge in [0.1, 0.15) is 5.82 Å². The predicted molar refractivity (Wildman–Crippen MR) is 100.0 cm³/mol. The Morgan fingerprint density at radius 3 is 2.69 bits per heavy atom. The fourth-order valence-corrected chi connectivity index (χ4v) is 3.43. The van der Waals surface area contributed by atoms with E-state index in [-0.39, 0.29) is 29.9 Å². The van der Waals surface area contributed by atoms with Crippen molar-refractivity contribution >= 4 is 16.9 Å². The second kappa shape index (κ2) is 6.41. The SMILES string of the molecule is CC(C)COC(=O)CC1c2ccccc2-c2nc3ccccc3c(=O)n21. The summed E-state index contributed by atoms with van der Waals surface area (Å²) >= 11 is 0. The predicted octanol–water partition coefficient (Wildman–Crippen LogP) is 3.56. The Morgan fingerprint density at radius 1 is 1.15 bits per heavy atom. The van der Waals surface area contributed by atoms with Crippen LogP contribution in [0.4, 0.5) is 0 Å². The molecular formula is C21H20N2O3. The number of aromatic nitrogens is 2. The van der Waals surface area contributed by atoms with Crippen molar-refractivity contribution in [2.45, 2.75) is 26.3 Å². The standard InChI is InChI=1S/C21H20N2O3/c1-13(2)12-26-19(24)11-18-14-7-3-4-8-15(14)20-22-17-10-6-5-9-16(17)21(25)23(18)20/h3-10,13,18H,11-12H2,1-2H3. The molecule has 0 saturated carbocycles. The molecule has 0 saturated heterocycles. The van der Waals surface area contributed by atoms with Gasteiger partial charge >= 0.3 is 5.97 Å². The van der Waals surface area contributed by atoms with E-state index >= 15 is 0 Å². The maximum atomic E-state index is 13.1. The fraction of sp³-hybridized carbons (Fsp3) is 0.286. The van der Waals surface area contributed by atoms with E-state index in [1.54, 1.807) is 10.6 Å². The highest BCUT2D eigenvalue weighted by atomic mass is 16.5. The Hall–Kier alpha value is -2.95. The van der Waals surface area contributed by atoms with Crippen LogP contribution in [0.15, 0.2) is 53.3 Å². The molecule has 0 bridgehead atoms. The lowest BCUT2D eigenvalue weighted by Crippen LogP contribution is -2.26. The normalized spacial score (nSPS) is 15.1. The topological polar surface area (TPSA) is 61.2 Å². The number of carbonyl (C=O) groups is 1. The highest BCUT2D eigenvalue weighted by Gasteiger charge is 2.33. The summed E-state index contributed by atoms with van der Waals surface area (Å²) in [4.78, 5) is 30.2. The van der Waals surface area contributed by atoms with Crippen molar-refractivity contribution < 1.29 is 9.53 Å². The summed E-state index contributed by atoms with van der Waals surface area (Å²) in [5.74, 6) is 0.591. The first kappa shape index (κ1) is 16.5. The molecule has 4 rings (SSSR count).